The molecule has 0 N–H and O–H groups in total. The van der Waals surface area contributed by atoms with Crippen molar-refractivity contribution in [2.24, 2.45) is 0 Å². The van der Waals surface area contributed by atoms with E-state index in [9.17, 15) is 0 Å². The highest BCUT2D eigenvalue weighted by molar-refractivity contribution is 7.26. The third kappa shape index (κ3) is 5.36. The summed E-state index contributed by atoms with van der Waals surface area (Å²) in [4.78, 5) is 0. The highest BCUT2D eigenvalue weighted by Crippen LogP contribution is 2.68. The molecule has 16 rings (SSSR count). The van der Waals surface area contributed by atoms with Crippen LogP contribution in [0.15, 0.2) is 182 Å². The molecule has 0 spiro atoms. The molecule has 10 aromatic carbocycles. The van der Waals surface area contributed by atoms with Crippen molar-refractivity contribution in [1.82, 2.24) is 0 Å². The number of hydrogen-bond acceptors (Lipinski definition) is 3. The molecule has 0 amide bonds. The van der Waals surface area contributed by atoms with Crippen molar-refractivity contribution >= 4 is 94.5 Å². The van der Waals surface area contributed by atoms with Crippen LogP contribution in [0.4, 0.5) is 0 Å². The monoisotopic (exact) mass is 972 g/mol. The standard InChI is InChI=1S/C69H48S3/c1-67(2)52-25-19-37(40-22-28-58-46(31-40)43-13-7-10-16-55(43)70-58)34-49(52)61-64(67)62-50-35-38(41-23-29-59-47(32-41)44-14-8-11-17-56(44)71-59)20-26-53(50)68(3,4)66(62)63-51-36-39(21-27-54(51)69(5,6)65(61)63)42-24-30-60-48(33-42)45-15-9-12-18-57(45)72-60/h7-36H,1-6H3. The lowest BCUT2D eigenvalue weighted by molar-refractivity contribution is 0.636. The lowest BCUT2D eigenvalue weighted by Crippen LogP contribution is -2.22. The summed E-state index contributed by atoms with van der Waals surface area (Å²) in [6, 6.07) is 70.4. The molecule has 13 aromatic rings. The van der Waals surface area contributed by atoms with E-state index < -0.39 is 0 Å². The van der Waals surface area contributed by atoms with Crippen LogP contribution in [0, 0.1) is 0 Å². The Balaban J connectivity index is 0.968. The molecule has 3 aliphatic rings. The van der Waals surface area contributed by atoms with Gasteiger partial charge in [-0.05, 0) is 173 Å². The summed E-state index contributed by atoms with van der Waals surface area (Å²) in [7, 11) is 0. The number of hydrogen-bond donors (Lipinski definition) is 0. The maximum absolute atomic E-state index is 2.56. The fourth-order valence-electron chi connectivity index (χ4n) is 14.0. The van der Waals surface area contributed by atoms with E-state index in [1.54, 1.807) is 0 Å². The van der Waals surface area contributed by atoms with Gasteiger partial charge < -0.3 is 0 Å². The van der Waals surface area contributed by atoms with Gasteiger partial charge in [0.15, 0.2) is 0 Å². The topological polar surface area (TPSA) is 0 Å². The average molecular weight is 973 g/mol. The Hall–Kier alpha value is -7.14. The highest BCUT2D eigenvalue weighted by Gasteiger charge is 2.52. The molecule has 3 aromatic heterocycles. The second-order valence-electron chi connectivity index (χ2n) is 22.3. The van der Waals surface area contributed by atoms with Crippen LogP contribution in [-0.2, 0) is 16.2 Å². The first-order valence-corrected chi connectivity index (χ1v) is 27.8. The van der Waals surface area contributed by atoms with Crippen molar-refractivity contribution in [3.8, 4) is 66.8 Å². The van der Waals surface area contributed by atoms with Gasteiger partial charge in [0.1, 0.15) is 0 Å². The third-order valence-electron chi connectivity index (χ3n) is 17.4. The molecular weight excluding hydrogens is 925 g/mol. The van der Waals surface area contributed by atoms with E-state index in [1.807, 2.05) is 34.0 Å². The first kappa shape index (κ1) is 41.5. The number of rotatable bonds is 3. The van der Waals surface area contributed by atoms with Crippen molar-refractivity contribution in [2.75, 3.05) is 0 Å². The molecule has 3 heterocycles. The Morgan fingerprint density at radius 1 is 0.250 bits per heavy atom. The molecule has 0 unspecified atom stereocenters. The molecule has 3 aliphatic carbocycles. The molecule has 72 heavy (non-hydrogen) atoms. The molecule has 3 heteroatoms. The molecule has 0 bridgehead atoms. The summed E-state index contributed by atoms with van der Waals surface area (Å²) < 4.78 is 8.05. The fourth-order valence-corrected chi connectivity index (χ4v) is 17.2. The zero-order valence-corrected chi connectivity index (χ0v) is 43.5. The van der Waals surface area contributed by atoms with Gasteiger partial charge in [0.05, 0.1) is 0 Å². The van der Waals surface area contributed by atoms with E-state index in [1.165, 1.54) is 161 Å². The molecule has 0 aliphatic heterocycles. The van der Waals surface area contributed by atoms with E-state index in [0.29, 0.717) is 0 Å². The summed E-state index contributed by atoms with van der Waals surface area (Å²) >= 11 is 5.67. The van der Waals surface area contributed by atoms with E-state index >= 15 is 0 Å². The molecule has 0 atom stereocenters. The van der Waals surface area contributed by atoms with Crippen LogP contribution >= 0.6 is 34.0 Å². The molecule has 342 valence electrons. The van der Waals surface area contributed by atoms with Gasteiger partial charge in [0.25, 0.3) is 0 Å². The molecule has 0 fully saturated rings. The second-order valence-corrected chi connectivity index (χ2v) is 25.6. The van der Waals surface area contributed by atoms with Gasteiger partial charge in [0, 0.05) is 76.8 Å². The predicted octanol–water partition coefficient (Wildman–Crippen LogP) is 20.7. The Morgan fingerprint density at radius 2 is 0.500 bits per heavy atom. The average Bonchev–Trinajstić information content (AvgIpc) is 4.21. The smallest absolute Gasteiger partial charge is 0.0355 e. The number of benzene rings is 10. The van der Waals surface area contributed by atoms with Crippen molar-refractivity contribution in [3.63, 3.8) is 0 Å². The van der Waals surface area contributed by atoms with Gasteiger partial charge in [-0.3, -0.25) is 0 Å². The predicted molar refractivity (Wildman–Crippen MR) is 314 cm³/mol. The van der Waals surface area contributed by atoms with Crippen molar-refractivity contribution < 1.29 is 0 Å². The van der Waals surface area contributed by atoms with Gasteiger partial charge in [-0.15, -0.1) is 34.0 Å². The lowest BCUT2D eigenvalue weighted by Gasteiger charge is -2.31. The minimum Gasteiger partial charge on any atom is -0.135 e. The summed E-state index contributed by atoms with van der Waals surface area (Å²) in [5.74, 6) is 0. The molecule has 0 radical (unpaired) electrons. The first-order chi connectivity index (χ1) is 34.9. The van der Waals surface area contributed by atoms with Crippen LogP contribution in [0.1, 0.15) is 74.9 Å². The van der Waals surface area contributed by atoms with Crippen LogP contribution in [0.2, 0.25) is 0 Å². The molecule has 0 saturated carbocycles. The van der Waals surface area contributed by atoms with Crippen LogP contribution in [0.25, 0.3) is 127 Å². The fraction of sp³-hybridized carbons (Fsp3) is 0.130. The Morgan fingerprint density at radius 3 is 0.806 bits per heavy atom. The maximum atomic E-state index is 2.56. The van der Waals surface area contributed by atoms with Gasteiger partial charge in [0.2, 0.25) is 0 Å². The SMILES string of the molecule is CC1(C)c2ccc(-c3ccc4sc5ccccc5c4c3)cc2-c2c1c1c(c3c2C(C)(C)c2ccc(-c4ccc5sc6ccccc6c5c4)cc2-3)C(C)(C)c2ccc(-c3ccc4sc5ccccc5c4c3)cc2-1. The Bertz CT molecular complexity index is 4110. The quantitative estimate of drug-likeness (QED) is 0.166. The number of fused-ring (bicyclic) bond motifs is 21. The van der Waals surface area contributed by atoms with E-state index in [0.717, 1.165) is 0 Å². The van der Waals surface area contributed by atoms with Gasteiger partial charge >= 0.3 is 0 Å². The van der Waals surface area contributed by atoms with E-state index in [4.69, 9.17) is 0 Å². The van der Waals surface area contributed by atoms with Crippen molar-refractivity contribution in [1.29, 1.82) is 0 Å². The van der Waals surface area contributed by atoms with Crippen LogP contribution < -0.4 is 0 Å². The molecular formula is C69H48S3. The normalized spacial score (nSPS) is 15.4. The first-order valence-electron chi connectivity index (χ1n) is 25.4. The summed E-state index contributed by atoms with van der Waals surface area (Å²) in [6.45, 7) is 15.1. The van der Waals surface area contributed by atoms with Crippen LogP contribution in [0.3, 0.4) is 0 Å². The largest absolute Gasteiger partial charge is 0.135 e. The highest BCUT2D eigenvalue weighted by atomic mass is 32.1. The van der Waals surface area contributed by atoms with Crippen LogP contribution in [0.5, 0.6) is 0 Å². The van der Waals surface area contributed by atoms with Crippen molar-refractivity contribution in [2.45, 2.75) is 57.8 Å². The van der Waals surface area contributed by atoms with Gasteiger partial charge in [-0.2, -0.15) is 0 Å². The van der Waals surface area contributed by atoms with Gasteiger partial charge in [-0.1, -0.05) is 151 Å². The maximum Gasteiger partial charge on any atom is 0.0355 e. The summed E-state index contributed by atoms with van der Waals surface area (Å²) in [5, 5.41) is 8.04. The number of thiophene rings is 3. The zero-order chi connectivity index (χ0) is 48.2. The lowest BCUT2D eigenvalue weighted by atomic mass is 9.71. The zero-order valence-electron chi connectivity index (χ0n) is 41.0. The van der Waals surface area contributed by atoms with Gasteiger partial charge in [-0.25, -0.2) is 0 Å². The second kappa shape index (κ2) is 14.1. The molecule has 0 nitrogen and oxygen atoms in total. The third-order valence-corrected chi connectivity index (χ3v) is 20.8. The van der Waals surface area contributed by atoms with E-state index in [2.05, 4.69) is 224 Å². The van der Waals surface area contributed by atoms with Crippen LogP contribution in [-0.4, -0.2) is 0 Å². The minimum atomic E-state index is -0.257. The van der Waals surface area contributed by atoms with E-state index in [-0.39, 0.29) is 16.2 Å². The minimum absolute atomic E-state index is 0.257. The summed E-state index contributed by atoms with van der Waals surface area (Å²) in [6.07, 6.45) is 0. The van der Waals surface area contributed by atoms with Crippen molar-refractivity contribution in [3.05, 3.63) is 215 Å². The summed E-state index contributed by atoms with van der Waals surface area (Å²) in [5.41, 5.74) is 24.1. The Kier molecular flexibility index (Phi) is 8.11. The molecule has 0 saturated heterocycles. The Labute approximate surface area is 431 Å².